The molecule has 4 heteroatoms. The van der Waals surface area contributed by atoms with Crippen molar-refractivity contribution in [3.05, 3.63) is 30.3 Å². The van der Waals surface area contributed by atoms with Crippen molar-refractivity contribution < 1.29 is 13.3 Å². The number of benzene rings is 1. The summed E-state index contributed by atoms with van der Waals surface area (Å²) in [7, 11) is -2.78. The Balaban J connectivity index is 2.19. The summed E-state index contributed by atoms with van der Waals surface area (Å²) in [6.45, 7) is 3.04. The van der Waals surface area contributed by atoms with Gasteiger partial charge in [-0.25, -0.2) is 8.42 Å². The van der Waals surface area contributed by atoms with Crippen LogP contribution in [0.4, 0.5) is 5.69 Å². The van der Waals surface area contributed by atoms with E-state index in [1.807, 2.05) is 18.2 Å². The van der Waals surface area contributed by atoms with Crippen LogP contribution in [0, 0.1) is 0 Å². The maximum atomic E-state index is 11.5. The molecule has 0 spiro atoms. The lowest BCUT2D eigenvalue weighted by atomic mass is 10.2. The number of para-hydroxylation sites is 1. The molecule has 2 rings (SSSR count). The largest absolute Gasteiger partial charge is 0.299 e. The molecule has 1 N–H and O–H groups in total. The van der Waals surface area contributed by atoms with Crippen molar-refractivity contribution in [2.45, 2.75) is 19.4 Å². The van der Waals surface area contributed by atoms with E-state index >= 15 is 0 Å². The number of hydrogen-bond donors (Lipinski definition) is 1. The summed E-state index contributed by atoms with van der Waals surface area (Å²) in [6.07, 6.45) is 0.792. The van der Waals surface area contributed by atoms with Crippen LogP contribution < -0.4 is 4.90 Å². The van der Waals surface area contributed by atoms with Crippen molar-refractivity contribution >= 4 is 15.5 Å². The van der Waals surface area contributed by atoms with Crippen molar-refractivity contribution in [2.24, 2.45) is 0 Å². The molecule has 0 amide bonds. The summed E-state index contributed by atoms with van der Waals surface area (Å²) < 4.78 is 23.0. The van der Waals surface area contributed by atoms with E-state index < -0.39 is 9.84 Å². The third kappa shape index (κ3) is 2.44. The average Bonchev–Trinajstić information content (AvgIpc) is 2.62. The Labute approximate surface area is 97.0 Å². The molecule has 0 radical (unpaired) electrons. The van der Waals surface area contributed by atoms with Gasteiger partial charge >= 0.3 is 0 Å². The van der Waals surface area contributed by atoms with Crippen molar-refractivity contribution in [1.29, 1.82) is 0 Å². The van der Waals surface area contributed by atoms with Gasteiger partial charge in [-0.1, -0.05) is 18.2 Å². The monoisotopic (exact) mass is 240 g/mol. The van der Waals surface area contributed by atoms with Crippen LogP contribution in [0.1, 0.15) is 13.3 Å². The molecule has 16 heavy (non-hydrogen) atoms. The van der Waals surface area contributed by atoms with E-state index in [2.05, 4.69) is 19.1 Å². The minimum Gasteiger partial charge on any atom is -0.299 e. The third-order valence-electron chi connectivity index (χ3n) is 3.25. The summed E-state index contributed by atoms with van der Waals surface area (Å²) in [5, 5.41) is 0. The number of hydrogen-bond acceptors (Lipinski definition) is 2. The molecule has 1 aliphatic rings. The lowest BCUT2D eigenvalue weighted by Crippen LogP contribution is -3.11. The molecule has 0 aliphatic carbocycles. The van der Waals surface area contributed by atoms with Crippen LogP contribution in [-0.2, 0) is 9.84 Å². The standard InChI is InChI=1S/C12H17NO2S/c1-2-13(11-6-4-3-5-7-11)12-8-9-16(14,15)10-12/h3-7,12H,2,8-10H2,1H3/p+1. The predicted molar refractivity (Wildman–Crippen MR) is 64.7 cm³/mol. The lowest BCUT2D eigenvalue weighted by Gasteiger charge is -2.22. The van der Waals surface area contributed by atoms with Crippen LogP contribution in [-0.4, -0.2) is 32.5 Å². The van der Waals surface area contributed by atoms with Crippen LogP contribution in [0.25, 0.3) is 0 Å². The first-order valence-electron chi connectivity index (χ1n) is 5.74. The van der Waals surface area contributed by atoms with E-state index in [-0.39, 0.29) is 6.04 Å². The molecule has 0 saturated carbocycles. The second-order valence-corrected chi connectivity index (χ2v) is 6.57. The molecular formula is C12H18NO2S+. The molecule has 3 nitrogen and oxygen atoms in total. The SMILES string of the molecule is CC[NH+](c1ccccc1)C1CCS(=O)(=O)C1. The van der Waals surface area contributed by atoms with E-state index in [9.17, 15) is 8.42 Å². The van der Waals surface area contributed by atoms with Crippen molar-refractivity contribution in [1.82, 2.24) is 0 Å². The van der Waals surface area contributed by atoms with E-state index in [1.165, 1.54) is 10.6 Å². The highest BCUT2D eigenvalue weighted by Gasteiger charge is 2.35. The first-order chi connectivity index (χ1) is 7.62. The highest BCUT2D eigenvalue weighted by atomic mass is 32.2. The van der Waals surface area contributed by atoms with Gasteiger partial charge in [0.25, 0.3) is 0 Å². The summed E-state index contributed by atoms with van der Waals surface area (Å²) in [4.78, 5) is 1.29. The van der Waals surface area contributed by atoms with Gasteiger partial charge in [0.2, 0.25) is 0 Å². The maximum Gasteiger partial charge on any atom is 0.156 e. The van der Waals surface area contributed by atoms with Crippen LogP contribution >= 0.6 is 0 Å². The van der Waals surface area contributed by atoms with Gasteiger partial charge < -0.3 is 0 Å². The molecule has 0 aromatic heterocycles. The molecule has 1 fully saturated rings. The maximum absolute atomic E-state index is 11.5. The quantitative estimate of drug-likeness (QED) is 0.831. The number of quaternary nitrogens is 1. The summed E-state index contributed by atoms with van der Waals surface area (Å²) in [5.41, 5.74) is 1.20. The van der Waals surface area contributed by atoms with Gasteiger partial charge in [0.15, 0.2) is 9.84 Å². The Bertz CT molecular complexity index is 441. The third-order valence-corrected chi connectivity index (χ3v) is 5.02. The summed E-state index contributed by atoms with van der Waals surface area (Å²) in [5.74, 6) is 0.694. The van der Waals surface area contributed by atoms with E-state index in [0.29, 0.717) is 11.5 Å². The minimum absolute atomic E-state index is 0.234. The van der Waals surface area contributed by atoms with Gasteiger partial charge in [-0.05, 0) is 19.1 Å². The number of nitrogens with one attached hydrogen (secondary N) is 1. The van der Waals surface area contributed by atoms with Crippen molar-refractivity contribution in [3.8, 4) is 0 Å². The minimum atomic E-state index is -2.78. The highest BCUT2D eigenvalue weighted by molar-refractivity contribution is 7.91. The first kappa shape index (κ1) is 11.6. The fourth-order valence-corrected chi connectivity index (χ4v) is 4.24. The second kappa shape index (κ2) is 4.55. The van der Waals surface area contributed by atoms with Gasteiger partial charge in [0.05, 0.1) is 12.3 Å². The smallest absolute Gasteiger partial charge is 0.156 e. The van der Waals surface area contributed by atoms with Gasteiger partial charge in [0, 0.05) is 6.42 Å². The van der Waals surface area contributed by atoms with E-state index in [4.69, 9.17) is 0 Å². The zero-order valence-corrected chi connectivity index (χ0v) is 10.3. The molecule has 88 valence electrons. The zero-order chi connectivity index (χ0) is 11.6. The molecule has 0 bridgehead atoms. The molecular weight excluding hydrogens is 222 g/mol. The molecule has 1 aromatic rings. The molecule has 1 aromatic carbocycles. The van der Waals surface area contributed by atoms with Crippen molar-refractivity contribution in [3.63, 3.8) is 0 Å². The Kier molecular flexibility index (Phi) is 3.30. The molecule has 2 atom stereocenters. The normalized spacial score (nSPS) is 25.4. The Morgan fingerprint density at radius 2 is 2.00 bits per heavy atom. The predicted octanol–water partition coefficient (Wildman–Crippen LogP) is 0.410. The average molecular weight is 240 g/mol. The molecule has 1 heterocycles. The molecule has 2 unspecified atom stereocenters. The first-order valence-corrected chi connectivity index (χ1v) is 7.56. The zero-order valence-electron chi connectivity index (χ0n) is 9.52. The summed E-state index contributed by atoms with van der Waals surface area (Å²) in [6, 6.07) is 10.4. The van der Waals surface area contributed by atoms with Gasteiger partial charge in [0.1, 0.15) is 17.5 Å². The van der Waals surface area contributed by atoms with Crippen LogP contribution in [0.2, 0.25) is 0 Å². The lowest BCUT2D eigenvalue weighted by molar-refractivity contribution is -0.855. The molecule has 1 aliphatic heterocycles. The van der Waals surface area contributed by atoms with Crippen LogP contribution in [0.5, 0.6) is 0 Å². The Morgan fingerprint density at radius 1 is 1.31 bits per heavy atom. The number of rotatable bonds is 3. The topological polar surface area (TPSA) is 38.6 Å². The van der Waals surface area contributed by atoms with Crippen molar-refractivity contribution in [2.75, 3.05) is 18.1 Å². The Morgan fingerprint density at radius 3 is 2.50 bits per heavy atom. The van der Waals surface area contributed by atoms with Gasteiger partial charge in [-0.3, -0.25) is 4.90 Å². The van der Waals surface area contributed by atoms with E-state index in [0.717, 1.165) is 13.0 Å². The Hall–Kier alpha value is -0.870. The second-order valence-electron chi connectivity index (χ2n) is 4.34. The van der Waals surface area contributed by atoms with Gasteiger partial charge in [-0.15, -0.1) is 0 Å². The van der Waals surface area contributed by atoms with E-state index in [1.54, 1.807) is 0 Å². The summed E-state index contributed by atoms with van der Waals surface area (Å²) >= 11 is 0. The number of sulfone groups is 1. The fourth-order valence-electron chi connectivity index (χ4n) is 2.45. The highest BCUT2D eigenvalue weighted by Crippen LogP contribution is 2.11. The fraction of sp³-hybridized carbons (Fsp3) is 0.500. The van der Waals surface area contributed by atoms with Crippen LogP contribution in [0.15, 0.2) is 30.3 Å². The molecule has 1 saturated heterocycles. The van der Waals surface area contributed by atoms with Gasteiger partial charge in [-0.2, -0.15) is 0 Å². The van der Waals surface area contributed by atoms with Crippen LogP contribution in [0.3, 0.4) is 0 Å².